The van der Waals surface area contributed by atoms with E-state index in [1.165, 1.54) is 6.07 Å². The van der Waals surface area contributed by atoms with Crippen molar-refractivity contribution in [2.24, 2.45) is 0 Å². The van der Waals surface area contributed by atoms with Gasteiger partial charge in [-0.15, -0.1) is 23.7 Å². The second kappa shape index (κ2) is 7.31. The Labute approximate surface area is 133 Å². The van der Waals surface area contributed by atoms with Gasteiger partial charge in [-0.05, 0) is 17.5 Å². The van der Waals surface area contributed by atoms with Crippen molar-refractivity contribution in [3.63, 3.8) is 0 Å². The van der Waals surface area contributed by atoms with Crippen molar-refractivity contribution in [2.75, 3.05) is 26.2 Å². The molecule has 0 saturated carbocycles. The first kappa shape index (κ1) is 16.4. The second-order valence-corrected chi connectivity index (χ2v) is 5.83. The molecule has 1 N–H and O–H groups in total. The van der Waals surface area contributed by atoms with Crippen LogP contribution in [0.15, 0.2) is 35.7 Å². The van der Waals surface area contributed by atoms with Crippen molar-refractivity contribution in [3.8, 4) is 0 Å². The minimum atomic E-state index is -0.779. The van der Waals surface area contributed by atoms with E-state index in [1.54, 1.807) is 23.5 Å². The quantitative estimate of drug-likeness (QED) is 0.927. The van der Waals surface area contributed by atoms with Crippen LogP contribution in [-0.2, 0) is 0 Å². The Morgan fingerprint density at radius 1 is 1.10 bits per heavy atom. The van der Waals surface area contributed by atoms with Crippen molar-refractivity contribution in [1.29, 1.82) is 0 Å². The minimum Gasteiger partial charge on any atom is -0.314 e. The monoisotopic (exact) mass is 330 g/mol. The van der Waals surface area contributed by atoms with E-state index in [0.29, 0.717) is 5.56 Å². The highest BCUT2D eigenvalue weighted by atomic mass is 35.5. The Morgan fingerprint density at radius 2 is 1.86 bits per heavy atom. The highest BCUT2D eigenvalue weighted by Crippen LogP contribution is 2.33. The summed E-state index contributed by atoms with van der Waals surface area (Å²) in [6.07, 6.45) is 0. The number of rotatable bonds is 3. The summed E-state index contributed by atoms with van der Waals surface area (Å²) in [5.41, 5.74) is 0.425. The van der Waals surface area contributed by atoms with Gasteiger partial charge in [-0.1, -0.05) is 18.2 Å². The number of benzene rings is 1. The number of nitrogens with one attached hydrogen (secondary N) is 1. The van der Waals surface area contributed by atoms with Gasteiger partial charge in [0, 0.05) is 36.6 Å². The highest BCUT2D eigenvalue weighted by Gasteiger charge is 2.27. The molecule has 1 saturated heterocycles. The lowest BCUT2D eigenvalue weighted by molar-refractivity contribution is 0.197. The first-order valence-electron chi connectivity index (χ1n) is 6.69. The van der Waals surface area contributed by atoms with Crippen LogP contribution in [0.3, 0.4) is 0 Å². The zero-order valence-corrected chi connectivity index (χ0v) is 13.0. The maximum atomic E-state index is 14.2. The lowest BCUT2D eigenvalue weighted by atomic mass is 10.0. The van der Waals surface area contributed by atoms with E-state index in [4.69, 9.17) is 0 Å². The fourth-order valence-corrected chi connectivity index (χ4v) is 3.53. The molecule has 0 unspecified atom stereocenters. The Morgan fingerprint density at radius 3 is 2.52 bits per heavy atom. The van der Waals surface area contributed by atoms with Crippen LogP contribution < -0.4 is 5.32 Å². The van der Waals surface area contributed by atoms with Gasteiger partial charge in [0.05, 0.1) is 6.04 Å². The zero-order chi connectivity index (χ0) is 13.9. The number of piperazine rings is 1. The molecule has 2 nitrogen and oxygen atoms in total. The van der Waals surface area contributed by atoms with Gasteiger partial charge in [0.15, 0.2) is 11.6 Å². The predicted octanol–water partition coefficient (Wildman–Crippen LogP) is 3.44. The molecular formula is C15H17ClF2N2S. The summed E-state index contributed by atoms with van der Waals surface area (Å²) < 4.78 is 27.7. The number of hydrogen-bond donors (Lipinski definition) is 1. The summed E-state index contributed by atoms with van der Waals surface area (Å²) in [6.45, 7) is 3.41. The lowest BCUT2D eigenvalue weighted by Gasteiger charge is -2.34. The van der Waals surface area contributed by atoms with Crippen LogP contribution >= 0.6 is 23.7 Å². The molecule has 0 bridgehead atoms. The number of nitrogens with zero attached hydrogens (tertiary/aromatic N) is 1. The maximum Gasteiger partial charge on any atom is 0.163 e. The molecule has 1 aromatic heterocycles. The Balaban J connectivity index is 0.00000161. The molecule has 1 atom stereocenters. The maximum absolute atomic E-state index is 14.2. The van der Waals surface area contributed by atoms with Gasteiger partial charge in [-0.3, -0.25) is 4.90 Å². The highest BCUT2D eigenvalue weighted by molar-refractivity contribution is 7.10. The van der Waals surface area contributed by atoms with Crippen LogP contribution in [0.2, 0.25) is 0 Å². The van der Waals surface area contributed by atoms with Crippen LogP contribution in [-0.4, -0.2) is 31.1 Å². The molecule has 1 aromatic carbocycles. The van der Waals surface area contributed by atoms with Gasteiger partial charge in [0.25, 0.3) is 0 Å². The fourth-order valence-electron chi connectivity index (χ4n) is 2.65. The van der Waals surface area contributed by atoms with Crippen LogP contribution in [0.4, 0.5) is 8.78 Å². The fraction of sp³-hybridized carbons (Fsp3) is 0.333. The molecule has 1 aliphatic heterocycles. The molecule has 0 aliphatic carbocycles. The third kappa shape index (κ3) is 3.43. The number of thiophene rings is 1. The molecule has 3 rings (SSSR count). The van der Waals surface area contributed by atoms with Crippen LogP contribution in [0.25, 0.3) is 0 Å². The Kier molecular flexibility index (Phi) is 5.70. The van der Waals surface area contributed by atoms with Crippen LogP contribution in [0.1, 0.15) is 16.5 Å². The molecule has 1 aliphatic rings. The molecule has 6 heteroatoms. The molecular weight excluding hydrogens is 314 g/mol. The summed E-state index contributed by atoms with van der Waals surface area (Å²) in [4.78, 5) is 3.26. The van der Waals surface area contributed by atoms with Crippen molar-refractivity contribution < 1.29 is 8.78 Å². The largest absolute Gasteiger partial charge is 0.314 e. The molecule has 0 amide bonds. The summed E-state index contributed by atoms with van der Waals surface area (Å²) >= 11 is 1.58. The molecule has 0 radical (unpaired) electrons. The molecule has 1 fully saturated rings. The van der Waals surface area contributed by atoms with Gasteiger partial charge in [-0.25, -0.2) is 8.78 Å². The second-order valence-electron chi connectivity index (χ2n) is 4.85. The zero-order valence-electron chi connectivity index (χ0n) is 11.4. The van der Waals surface area contributed by atoms with E-state index in [0.717, 1.165) is 31.1 Å². The Bertz CT molecular complexity index is 571. The standard InChI is InChI=1S/C15H16F2N2S.ClH/c16-12-4-1-3-11(14(12)17)15(13-5-2-10-20-13)19-8-6-18-7-9-19;/h1-5,10,15,18H,6-9H2;1H/t15-;/m1./s1. The van der Waals surface area contributed by atoms with Crippen molar-refractivity contribution in [2.45, 2.75) is 6.04 Å². The summed E-state index contributed by atoms with van der Waals surface area (Å²) in [5, 5.41) is 5.26. The topological polar surface area (TPSA) is 15.3 Å². The van der Waals surface area contributed by atoms with Crippen LogP contribution in [0, 0.1) is 11.6 Å². The number of hydrogen-bond acceptors (Lipinski definition) is 3. The first-order valence-corrected chi connectivity index (χ1v) is 7.57. The van der Waals surface area contributed by atoms with E-state index in [2.05, 4.69) is 10.2 Å². The van der Waals surface area contributed by atoms with E-state index in [-0.39, 0.29) is 18.4 Å². The van der Waals surface area contributed by atoms with Gasteiger partial charge in [-0.2, -0.15) is 0 Å². The number of halogens is 3. The van der Waals surface area contributed by atoms with Crippen molar-refractivity contribution >= 4 is 23.7 Å². The molecule has 2 aromatic rings. The molecule has 2 heterocycles. The minimum absolute atomic E-state index is 0. The van der Waals surface area contributed by atoms with Crippen molar-refractivity contribution in [3.05, 3.63) is 57.8 Å². The summed E-state index contributed by atoms with van der Waals surface area (Å²) in [7, 11) is 0. The van der Waals surface area contributed by atoms with Gasteiger partial charge < -0.3 is 5.32 Å². The third-order valence-corrected chi connectivity index (χ3v) is 4.53. The molecule has 114 valence electrons. The average molecular weight is 331 g/mol. The third-order valence-electron chi connectivity index (χ3n) is 3.61. The van der Waals surface area contributed by atoms with Crippen molar-refractivity contribution in [1.82, 2.24) is 10.2 Å². The van der Waals surface area contributed by atoms with Gasteiger partial charge in [0.2, 0.25) is 0 Å². The normalized spacial score (nSPS) is 17.2. The Hall–Kier alpha value is -1.01. The van der Waals surface area contributed by atoms with Gasteiger partial charge in [0.1, 0.15) is 0 Å². The lowest BCUT2D eigenvalue weighted by Crippen LogP contribution is -2.45. The van der Waals surface area contributed by atoms with E-state index < -0.39 is 11.6 Å². The summed E-state index contributed by atoms with van der Waals surface area (Å²) in [6, 6.07) is 8.17. The SMILES string of the molecule is Cl.Fc1cccc([C@H](c2cccs2)N2CCNCC2)c1F. The smallest absolute Gasteiger partial charge is 0.163 e. The average Bonchev–Trinajstić information content (AvgIpc) is 2.99. The van der Waals surface area contributed by atoms with E-state index >= 15 is 0 Å². The predicted molar refractivity (Wildman–Crippen MR) is 84.2 cm³/mol. The molecule has 21 heavy (non-hydrogen) atoms. The molecule has 0 spiro atoms. The van der Waals surface area contributed by atoms with E-state index in [1.807, 2.05) is 17.5 Å². The van der Waals surface area contributed by atoms with Crippen LogP contribution in [0.5, 0.6) is 0 Å². The van der Waals surface area contributed by atoms with Gasteiger partial charge >= 0.3 is 0 Å². The first-order chi connectivity index (χ1) is 9.77. The summed E-state index contributed by atoms with van der Waals surface area (Å²) in [5.74, 6) is -1.51. The van der Waals surface area contributed by atoms with E-state index in [9.17, 15) is 8.78 Å².